The zero-order valence-corrected chi connectivity index (χ0v) is 9.97. The van der Waals surface area contributed by atoms with Crippen molar-refractivity contribution in [3.8, 4) is 11.3 Å². The highest BCUT2D eigenvalue weighted by Crippen LogP contribution is 2.30. The largest absolute Gasteiger partial charge is 0.398 e. The monoisotopic (exact) mass is 242 g/mol. The Morgan fingerprint density at radius 1 is 1.22 bits per heavy atom. The van der Waals surface area contributed by atoms with E-state index in [0.29, 0.717) is 22.8 Å². The summed E-state index contributed by atoms with van der Waals surface area (Å²) in [6, 6.07) is 8.77. The first-order chi connectivity index (χ1) is 8.58. The van der Waals surface area contributed by atoms with Crippen LogP contribution < -0.4 is 16.8 Å². The van der Waals surface area contributed by atoms with E-state index < -0.39 is 0 Å². The van der Waals surface area contributed by atoms with E-state index in [4.69, 9.17) is 11.5 Å². The molecule has 0 fully saturated rings. The number of nitrogens with one attached hydrogen (secondary N) is 1. The van der Waals surface area contributed by atoms with Crippen LogP contribution in [0.1, 0.15) is 6.92 Å². The summed E-state index contributed by atoms with van der Waals surface area (Å²) in [5, 5.41) is 2.67. The van der Waals surface area contributed by atoms with Crippen molar-refractivity contribution in [2.75, 3.05) is 16.8 Å². The van der Waals surface area contributed by atoms with Crippen molar-refractivity contribution >= 4 is 23.0 Å². The molecule has 2 rings (SSSR count). The van der Waals surface area contributed by atoms with Crippen molar-refractivity contribution in [2.45, 2.75) is 6.92 Å². The lowest BCUT2D eigenvalue weighted by Gasteiger charge is -2.09. The predicted molar refractivity (Wildman–Crippen MR) is 72.8 cm³/mol. The van der Waals surface area contributed by atoms with E-state index in [1.165, 1.54) is 6.92 Å². The maximum Gasteiger partial charge on any atom is 0.221 e. The van der Waals surface area contributed by atoms with Crippen LogP contribution in [-0.4, -0.2) is 10.9 Å². The number of carbonyl (C=O) groups excluding carboxylic acids is 1. The first-order valence-corrected chi connectivity index (χ1v) is 5.46. The van der Waals surface area contributed by atoms with Gasteiger partial charge in [0.2, 0.25) is 5.91 Å². The highest BCUT2D eigenvalue weighted by molar-refractivity contribution is 5.91. The van der Waals surface area contributed by atoms with Gasteiger partial charge in [0.05, 0.1) is 11.4 Å². The van der Waals surface area contributed by atoms with Gasteiger partial charge in [-0.15, -0.1) is 0 Å². The molecule has 1 amide bonds. The summed E-state index contributed by atoms with van der Waals surface area (Å²) in [7, 11) is 0. The van der Waals surface area contributed by atoms with E-state index in [1.54, 1.807) is 36.5 Å². The van der Waals surface area contributed by atoms with Crippen LogP contribution in [0.25, 0.3) is 11.3 Å². The first kappa shape index (κ1) is 11.9. The molecule has 0 aliphatic rings. The molecule has 0 bridgehead atoms. The summed E-state index contributed by atoms with van der Waals surface area (Å²) in [6.45, 7) is 1.45. The van der Waals surface area contributed by atoms with E-state index in [2.05, 4.69) is 10.3 Å². The van der Waals surface area contributed by atoms with Crippen LogP contribution in [-0.2, 0) is 4.79 Å². The van der Waals surface area contributed by atoms with Gasteiger partial charge in [0, 0.05) is 30.1 Å². The van der Waals surface area contributed by atoms with Gasteiger partial charge in [-0.05, 0) is 30.3 Å². The highest BCUT2D eigenvalue weighted by Gasteiger charge is 2.08. The number of nitrogen functional groups attached to an aromatic ring is 2. The lowest BCUT2D eigenvalue weighted by atomic mass is 10.1. The van der Waals surface area contributed by atoms with Gasteiger partial charge in [0.25, 0.3) is 0 Å². The van der Waals surface area contributed by atoms with Gasteiger partial charge < -0.3 is 16.8 Å². The number of aromatic nitrogens is 1. The molecule has 0 saturated carbocycles. The third kappa shape index (κ3) is 2.40. The Morgan fingerprint density at radius 3 is 2.61 bits per heavy atom. The van der Waals surface area contributed by atoms with Gasteiger partial charge in [-0.3, -0.25) is 9.78 Å². The number of nitrogens with zero attached hydrogens (tertiary/aromatic N) is 1. The van der Waals surface area contributed by atoms with Crippen LogP contribution in [0.15, 0.2) is 36.5 Å². The standard InChI is InChI=1S/C13H14N4O/c1-8(18)17-9-4-5-10(12(15)7-9)13-11(14)3-2-6-16-13/h2-7H,14-15H2,1H3,(H,17,18). The second kappa shape index (κ2) is 4.75. The number of amides is 1. The van der Waals surface area contributed by atoms with Gasteiger partial charge in [0.1, 0.15) is 0 Å². The Labute approximate surface area is 105 Å². The van der Waals surface area contributed by atoms with Gasteiger partial charge in [0.15, 0.2) is 0 Å². The molecule has 0 aliphatic carbocycles. The number of benzene rings is 1. The predicted octanol–water partition coefficient (Wildman–Crippen LogP) is 1.87. The van der Waals surface area contributed by atoms with Crippen molar-refractivity contribution in [2.24, 2.45) is 0 Å². The lowest BCUT2D eigenvalue weighted by molar-refractivity contribution is -0.114. The second-order valence-corrected chi connectivity index (χ2v) is 3.92. The average Bonchev–Trinajstić information content (AvgIpc) is 2.30. The van der Waals surface area contributed by atoms with Crippen molar-refractivity contribution in [1.29, 1.82) is 0 Å². The number of pyridine rings is 1. The van der Waals surface area contributed by atoms with Crippen molar-refractivity contribution in [3.63, 3.8) is 0 Å². The molecule has 5 nitrogen and oxygen atoms in total. The van der Waals surface area contributed by atoms with Crippen LogP contribution in [0, 0.1) is 0 Å². The maximum atomic E-state index is 10.9. The molecule has 0 radical (unpaired) electrons. The van der Waals surface area contributed by atoms with Gasteiger partial charge in [-0.25, -0.2) is 0 Å². The Balaban J connectivity index is 2.42. The van der Waals surface area contributed by atoms with Crippen molar-refractivity contribution in [1.82, 2.24) is 4.98 Å². The fourth-order valence-electron chi connectivity index (χ4n) is 1.70. The van der Waals surface area contributed by atoms with E-state index >= 15 is 0 Å². The zero-order chi connectivity index (χ0) is 13.1. The average molecular weight is 242 g/mol. The number of nitrogens with two attached hydrogens (primary N) is 2. The number of rotatable bonds is 2. The molecule has 92 valence electrons. The summed E-state index contributed by atoms with van der Waals surface area (Å²) in [5.74, 6) is -0.139. The Kier molecular flexibility index (Phi) is 3.14. The summed E-state index contributed by atoms with van der Waals surface area (Å²) in [6.07, 6.45) is 1.66. The van der Waals surface area contributed by atoms with E-state index in [-0.39, 0.29) is 5.91 Å². The molecule has 5 N–H and O–H groups in total. The van der Waals surface area contributed by atoms with Crippen molar-refractivity contribution < 1.29 is 4.79 Å². The molecule has 0 saturated heterocycles. The highest BCUT2D eigenvalue weighted by atomic mass is 16.1. The number of hydrogen-bond acceptors (Lipinski definition) is 4. The van der Waals surface area contributed by atoms with Gasteiger partial charge >= 0.3 is 0 Å². The molecule has 1 aromatic heterocycles. The van der Waals surface area contributed by atoms with Crippen LogP contribution in [0.4, 0.5) is 17.1 Å². The topological polar surface area (TPSA) is 94.0 Å². The molecule has 0 atom stereocenters. The first-order valence-electron chi connectivity index (χ1n) is 5.46. The van der Waals surface area contributed by atoms with Crippen LogP contribution in [0.3, 0.4) is 0 Å². The number of carbonyl (C=O) groups is 1. The molecule has 1 heterocycles. The SMILES string of the molecule is CC(=O)Nc1ccc(-c2ncccc2N)c(N)c1. The Morgan fingerprint density at radius 2 is 2.00 bits per heavy atom. The van der Waals surface area contributed by atoms with Crippen LogP contribution in [0.5, 0.6) is 0 Å². The normalized spacial score (nSPS) is 10.1. The lowest BCUT2D eigenvalue weighted by Crippen LogP contribution is -2.06. The Hall–Kier alpha value is -2.56. The fourth-order valence-corrected chi connectivity index (χ4v) is 1.70. The van der Waals surface area contributed by atoms with Crippen LogP contribution >= 0.6 is 0 Å². The molecular formula is C13H14N4O. The molecule has 1 aromatic carbocycles. The molecule has 0 aliphatic heterocycles. The number of hydrogen-bond donors (Lipinski definition) is 3. The maximum absolute atomic E-state index is 10.9. The van der Waals surface area contributed by atoms with Gasteiger partial charge in [-0.2, -0.15) is 0 Å². The van der Waals surface area contributed by atoms with Crippen LogP contribution in [0.2, 0.25) is 0 Å². The van der Waals surface area contributed by atoms with E-state index in [0.717, 1.165) is 5.56 Å². The molecule has 0 spiro atoms. The second-order valence-electron chi connectivity index (χ2n) is 3.92. The quantitative estimate of drug-likeness (QED) is 0.701. The van der Waals surface area contributed by atoms with E-state index in [9.17, 15) is 4.79 Å². The zero-order valence-electron chi connectivity index (χ0n) is 9.97. The summed E-state index contributed by atoms with van der Waals surface area (Å²) < 4.78 is 0. The molecule has 18 heavy (non-hydrogen) atoms. The molecular weight excluding hydrogens is 228 g/mol. The minimum absolute atomic E-state index is 0.139. The minimum atomic E-state index is -0.139. The smallest absolute Gasteiger partial charge is 0.221 e. The third-order valence-electron chi connectivity index (χ3n) is 2.47. The van der Waals surface area contributed by atoms with Gasteiger partial charge in [-0.1, -0.05) is 0 Å². The summed E-state index contributed by atoms with van der Waals surface area (Å²) in [4.78, 5) is 15.2. The third-order valence-corrected chi connectivity index (χ3v) is 2.47. The molecule has 2 aromatic rings. The fraction of sp³-hybridized carbons (Fsp3) is 0.0769. The summed E-state index contributed by atoms with van der Waals surface area (Å²) >= 11 is 0. The number of anilines is 3. The minimum Gasteiger partial charge on any atom is -0.398 e. The van der Waals surface area contributed by atoms with Crippen molar-refractivity contribution in [3.05, 3.63) is 36.5 Å². The molecule has 0 unspecified atom stereocenters. The van der Waals surface area contributed by atoms with E-state index in [1.807, 2.05) is 0 Å². The summed E-state index contributed by atoms with van der Waals surface area (Å²) in [5.41, 5.74) is 14.9. The Bertz CT molecular complexity index is 595. The molecule has 5 heteroatoms.